The van der Waals surface area contributed by atoms with Crippen molar-refractivity contribution < 1.29 is 14.3 Å². The third-order valence-corrected chi connectivity index (χ3v) is 3.76. The molecule has 2 amide bonds. The molecule has 1 fully saturated rings. The lowest BCUT2D eigenvalue weighted by atomic mass is 10.2. The number of ether oxygens (including phenoxy) is 1. The maximum absolute atomic E-state index is 12.2. The molecular formula is C17H25N3O3. The third-order valence-electron chi connectivity index (χ3n) is 3.76. The number of amides is 2. The van der Waals surface area contributed by atoms with Crippen LogP contribution < -0.4 is 15.4 Å². The summed E-state index contributed by atoms with van der Waals surface area (Å²) >= 11 is 0. The number of nitrogens with one attached hydrogen (secondary N) is 2. The first-order chi connectivity index (χ1) is 11.0. The molecule has 23 heavy (non-hydrogen) atoms. The third kappa shape index (κ3) is 5.25. The van der Waals surface area contributed by atoms with Gasteiger partial charge >= 0.3 is 0 Å². The van der Waals surface area contributed by atoms with Gasteiger partial charge in [0.05, 0.1) is 18.4 Å². The number of carbonyl (C=O) groups is 2. The van der Waals surface area contributed by atoms with Gasteiger partial charge in [-0.1, -0.05) is 0 Å². The zero-order valence-electron chi connectivity index (χ0n) is 14.0. The fraction of sp³-hybridized carbons (Fsp3) is 0.529. The molecule has 1 aliphatic carbocycles. The highest BCUT2D eigenvalue weighted by Gasteiger charge is 2.47. The molecule has 1 saturated carbocycles. The first-order valence-electron chi connectivity index (χ1n) is 7.97. The lowest BCUT2D eigenvalue weighted by Crippen LogP contribution is -2.33. The number of carbonyl (C=O) groups excluding carboxylic acids is 2. The summed E-state index contributed by atoms with van der Waals surface area (Å²) in [5.74, 6) is 0.233. The Morgan fingerprint density at radius 1 is 1.17 bits per heavy atom. The highest BCUT2D eigenvalue weighted by molar-refractivity contribution is 5.99. The molecule has 6 heteroatoms. The van der Waals surface area contributed by atoms with Crippen molar-refractivity contribution in [3.8, 4) is 5.75 Å². The first-order valence-corrected chi connectivity index (χ1v) is 7.97. The second-order valence-corrected chi connectivity index (χ2v) is 5.99. The zero-order chi connectivity index (χ0) is 16.8. The lowest BCUT2D eigenvalue weighted by molar-refractivity contribution is -0.125. The molecule has 0 bridgehead atoms. The average molecular weight is 319 g/mol. The molecule has 2 unspecified atom stereocenters. The summed E-state index contributed by atoms with van der Waals surface area (Å²) in [6.45, 7) is 3.93. The van der Waals surface area contributed by atoms with E-state index in [-0.39, 0.29) is 23.7 Å². The van der Waals surface area contributed by atoms with Crippen molar-refractivity contribution in [1.82, 2.24) is 10.2 Å². The van der Waals surface area contributed by atoms with Gasteiger partial charge in [-0.3, -0.25) is 9.59 Å². The van der Waals surface area contributed by atoms with Crippen LogP contribution in [-0.4, -0.2) is 50.5 Å². The van der Waals surface area contributed by atoms with Gasteiger partial charge < -0.3 is 20.3 Å². The highest BCUT2D eigenvalue weighted by Crippen LogP contribution is 2.39. The van der Waals surface area contributed by atoms with Gasteiger partial charge in [0.2, 0.25) is 11.8 Å². The number of benzene rings is 1. The fourth-order valence-electron chi connectivity index (χ4n) is 2.34. The van der Waals surface area contributed by atoms with E-state index in [0.717, 1.165) is 18.0 Å². The van der Waals surface area contributed by atoms with E-state index in [4.69, 9.17) is 4.74 Å². The predicted molar refractivity (Wildman–Crippen MR) is 89.4 cm³/mol. The molecule has 0 radical (unpaired) electrons. The molecule has 6 nitrogen and oxygen atoms in total. The summed E-state index contributed by atoms with van der Waals surface area (Å²) in [7, 11) is 3.91. The molecule has 0 aliphatic heterocycles. The molecule has 0 aromatic heterocycles. The van der Waals surface area contributed by atoms with Gasteiger partial charge in [0.25, 0.3) is 0 Å². The molecular weight excluding hydrogens is 294 g/mol. The SMILES string of the molecule is CCOc1ccc(NC(=O)C2CC2C(=O)NCCN(C)C)cc1. The van der Waals surface area contributed by atoms with Crippen LogP contribution in [0.5, 0.6) is 5.75 Å². The van der Waals surface area contributed by atoms with E-state index in [1.807, 2.05) is 38.1 Å². The molecule has 0 saturated heterocycles. The minimum atomic E-state index is -0.221. The quantitative estimate of drug-likeness (QED) is 0.758. The van der Waals surface area contributed by atoms with Crippen molar-refractivity contribution >= 4 is 17.5 Å². The molecule has 1 aromatic rings. The smallest absolute Gasteiger partial charge is 0.228 e. The van der Waals surface area contributed by atoms with Crippen LogP contribution in [0, 0.1) is 11.8 Å². The van der Waals surface area contributed by atoms with Gasteiger partial charge in [0, 0.05) is 18.8 Å². The van der Waals surface area contributed by atoms with Crippen LogP contribution in [0.4, 0.5) is 5.69 Å². The Morgan fingerprint density at radius 3 is 2.43 bits per heavy atom. The van der Waals surface area contributed by atoms with E-state index in [2.05, 4.69) is 10.6 Å². The van der Waals surface area contributed by atoms with E-state index in [1.165, 1.54) is 0 Å². The van der Waals surface area contributed by atoms with Crippen molar-refractivity contribution in [2.75, 3.05) is 39.1 Å². The number of nitrogens with zero attached hydrogens (tertiary/aromatic N) is 1. The van der Waals surface area contributed by atoms with Gasteiger partial charge in [-0.2, -0.15) is 0 Å². The Bertz CT molecular complexity index is 543. The van der Waals surface area contributed by atoms with Crippen LogP contribution >= 0.6 is 0 Å². The van der Waals surface area contributed by atoms with E-state index in [9.17, 15) is 9.59 Å². The lowest BCUT2D eigenvalue weighted by Gasteiger charge is -2.10. The number of hydrogen-bond acceptors (Lipinski definition) is 4. The van der Waals surface area contributed by atoms with Crippen molar-refractivity contribution in [1.29, 1.82) is 0 Å². The van der Waals surface area contributed by atoms with Crippen LogP contribution in [0.3, 0.4) is 0 Å². The summed E-state index contributed by atoms with van der Waals surface area (Å²) < 4.78 is 5.36. The summed E-state index contributed by atoms with van der Waals surface area (Å²) in [5, 5.41) is 5.72. The Hall–Kier alpha value is -2.08. The van der Waals surface area contributed by atoms with Crippen molar-refractivity contribution in [3.05, 3.63) is 24.3 Å². The molecule has 1 aliphatic rings. The maximum Gasteiger partial charge on any atom is 0.228 e. The minimum absolute atomic E-state index is 0.0290. The largest absolute Gasteiger partial charge is 0.494 e. The standard InChI is InChI=1S/C17H25N3O3/c1-4-23-13-7-5-12(6-8-13)19-17(22)15-11-14(15)16(21)18-9-10-20(2)3/h5-8,14-15H,4,9-11H2,1-3H3,(H,18,21)(H,19,22). The molecule has 1 aromatic carbocycles. The van der Waals surface area contributed by atoms with Gasteiger partial charge in [-0.25, -0.2) is 0 Å². The monoisotopic (exact) mass is 319 g/mol. The van der Waals surface area contributed by atoms with Crippen molar-refractivity contribution in [2.24, 2.45) is 11.8 Å². The van der Waals surface area contributed by atoms with E-state index >= 15 is 0 Å². The Balaban J connectivity index is 1.76. The van der Waals surface area contributed by atoms with Crippen molar-refractivity contribution in [2.45, 2.75) is 13.3 Å². The summed E-state index contributed by atoms with van der Waals surface area (Å²) in [5.41, 5.74) is 0.720. The van der Waals surface area contributed by atoms with Gasteiger partial charge in [0.1, 0.15) is 5.75 Å². The number of hydrogen-bond donors (Lipinski definition) is 2. The normalized spacial score (nSPS) is 19.3. The first kappa shape index (κ1) is 17.3. The summed E-state index contributed by atoms with van der Waals surface area (Å²) in [6.07, 6.45) is 0.622. The topological polar surface area (TPSA) is 70.7 Å². The van der Waals surface area contributed by atoms with Crippen molar-refractivity contribution in [3.63, 3.8) is 0 Å². The van der Waals surface area contributed by atoms with E-state index in [0.29, 0.717) is 19.6 Å². The van der Waals surface area contributed by atoms with Gasteiger partial charge in [-0.15, -0.1) is 0 Å². The number of likely N-dealkylation sites (N-methyl/N-ethyl adjacent to an activating group) is 1. The summed E-state index contributed by atoms with van der Waals surface area (Å²) in [6, 6.07) is 7.24. The minimum Gasteiger partial charge on any atom is -0.494 e. The number of anilines is 1. The maximum atomic E-state index is 12.2. The molecule has 0 spiro atoms. The van der Waals surface area contributed by atoms with E-state index < -0.39 is 0 Å². The Morgan fingerprint density at radius 2 is 1.83 bits per heavy atom. The molecule has 2 N–H and O–H groups in total. The number of rotatable bonds is 8. The fourth-order valence-corrected chi connectivity index (χ4v) is 2.34. The predicted octanol–water partition coefficient (Wildman–Crippen LogP) is 1.34. The van der Waals surface area contributed by atoms with Gasteiger partial charge in [-0.05, 0) is 51.7 Å². The van der Waals surface area contributed by atoms with Crippen LogP contribution in [-0.2, 0) is 9.59 Å². The molecule has 2 atom stereocenters. The van der Waals surface area contributed by atoms with Gasteiger partial charge in [0.15, 0.2) is 0 Å². The Kier molecular flexibility index (Phi) is 5.98. The van der Waals surface area contributed by atoms with Crippen LogP contribution in [0.15, 0.2) is 24.3 Å². The second kappa shape index (κ2) is 7.97. The van der Waals surface area contributed by atoms with Crippen LogP contribution in [0.2, 0.25) is 0 Å². The Labute approximate surface area is 137 Å². The summed E-state index contributed by atoms with van der Waals surface area (Å²) in [4.78, 5) is 26.1. The van der Waals surface area contributed by atoms with Crippen LogP contribution in [0.1, 0.15) is 13.3 Å². The zero-order valence-corrected chi connectivity index (χ0v) is 14.0. The molecule has 0 heterocycles. The average Bonchev–Trinajstić information content (AvgIpc) is 3.30. The van der Waals surface area contributed by atoms with Crippen LogP contribution in [0.25, 0.3) is 0 Å². The highest BCUT2D eigenvalue weighted by atomic mass is 16.5. The molecule has 126 valence electrons. The van der Waals surface area contributed by atoms with E-state index in [1.54, 1.807) is 12.1 Å². The second-order valence-electron chi connectivity index (χ2n) is 5.99. The molecule has 2 rings (SSSR count).